The van der Waals surface area contributed by atoms with Crippen LogP contribution in [-0.2, 0) is 14.3 Å². The van der Waals surface area contributed by atoms with Crippen LogP contribution in [-0.4, -0.2) is 37.9 Å². The van der Waals surface area contributed by atoms with Crippen LogP contribution < -0.4 is 5.32 Å². The fraction of sp³-hybridized carbons (Fsp3) is 0.875. The topological polar surface area (TPSA) is 47.6 Å². The van der Waals surface area contributed by atoms with E-state index in [1.165, 1.54) is 7.11 Å². The van der Waals surface area contributed by atoms with Crippen molar-refractivity contribution in [2.45, 2.75) is 25.5 Å². The van der Waals surface area contributed by atoms with E-state index in [1.807, 2.05) is 13.8 Å². The summed E-state index contributed by atoms with van der Waals surface area (Å²) in [6.45, 7) is 5.09. The van der Waals surface area contributed by atoms with Crippen LogP contribution in [0.2, 0.25) is 0 Å². The highest BCUT2D eigenvalue weighted by atomic mass is 16.5. The van der Waals surface area contributed by atoms with Gasteiger partial charge in [0, 0.05) is 6.54 Å². The molecule has 1 aliphatic heterocycles. The van der Waals surface area contributed by atoms with Crippen molar-refractivity contribution in [3.05, 3.63) is 0 Å². The molecule has 0 radical (unpaired) electrons. The van der Waals surface area contributed by atoms with Gasteiger partial charge in [0.25, 0.3) is 0 Å². The van der Waals surface area contributed by atoms with Crippen LogP contribution >= 0.6 is 0 Å². The van der Waals surface area contributed by atoms with Crippen molar-refractivity contribution in [1.29, 1.82) is 0 Å². The highest BCUT2D eigenvalue weighted by Gasteiger charge is 2.39. The summed E-state index contributed by atoms with van der Waals surface area (Å²) in [4.78, 5) is 11.2. The predicted octanol–water partition coefficient (Wildman–Crippen LogP) is -0.0736. The van der Waals surface area contributed by atoms with Gasteiger partial charge in [-0.1, -0.05) is 0 Å². The molecule has 4 nitrogen and oxygen atoms in total. The van der Waals surface area contributed by atoms with Crippen molar-refractivity contribution < 1.29 is 14.3 Å². The first-order chi connectivity index (χ1) is 5.58. The van der Waals surface area contributed by atoms with Crippen LogP contribution in [0.1, 0.15) is 13.8 Å². The van der Waals surface area contributed by atoms with Crippen molar-refractivity contribution in [3.63, 3.8) is 0 Å². The highest BCUT2D eigenvalue weighted by Crippen LogP contribution is 2.18. The summed E-state index contributed by atoms with van der Waals surface area (Å²) in [6.07, 6.45) is 0. The molecule has 4 heteroatoms. The van der Waals surface area contributed by atoms with Crippen LogP contribution in [0.3, 0.4) is 0 Å². The normalized spacial score (nSPS) is 28.1. The molecule has 0 aromatic rings. The predicted molar refractivity (Wildman–Crippen MR) is 43.8 cm³/mol. The molecular formula is C8H15NO3. The zero-order valence-electron chi connectivity index (χ0n) is 7.72. The van der Waals surface area contributed by atoms with E-state index in [1.54, 1.807) is 0 Å². The number of hydrogen-bond donors (Lipinski definition) is 1. The first kappa shape index (κ1) is 9.48. The lowest BCUT2D eigenvalue weighted by molar-refractivity contribution is -0.157. The molecule has 1 heterocycles. The quantitative estimate of drug-likeness (QED) is 0.564. The molecule has 0 unspecified atom stereocenters. The number of methoxy groups -OCH3 is 1. The largest absolute Gasteiger partial charge is 0.468 e. The van der Waals surface area contributed by atoms with Crippen molar-refractivity contribution in [3.8, 4) is 0 Å². The van der Waals surface area contributed by atoms with Crippen LogP contribution in [0.4, 0.5) is 0 Å². The standard InChI is InChI=1S/C8H15NO3/c1-8(2)6(7(10)11-3)9-4-5-12-8/h6,9H,4-5H2,1-3H3/t6-/m0/s1. The third kappa shape index (κ3) is 1.76. The van der Waals surface area contributed by atoms with Crippen molar-refractivity contribution >= 4 is 5.97 Å². The maximum Gasteiger partial charge on any atom is 0.325 e. The lowest BCUT2D eigenvalue weighted by Gasteiger charge is -2.37. The Morgan fingerprint density at radius 3 is 2.83 bits per heavy atom. The van der Waals surface area contributed by atoms with E-state index in [9.17, 15) is 4.79 Å². The van der Waals surface area contributed by atoms with Gasteiger partial charge in [-0.15, -0.1) is 0 Å². The van der Waals surface area contributed by atoms with E-state index in [-0.39, 0.29) is 12.0 Å². The number of esters is 1. The van der Waals surface area contributed by atoms with Gasteiger partial charge in [0.2, 0.25) is 0 Å². The maximum absolute atomic E-state index is 11.2. The zero-order valence-corrected chi connectivity index (χ0v) is 7.72. The average molecular weight is 173 g/mol. The summed E-state index contributed by atoms with van der Waals surface area (Å²) < 4.78 is 10.1. The van der Waals surface area contributed by atoms with Crippen molar-refractivity contribution in [2.75, 3.05) is 20.3 Å². The van der Waals surface area contributed by atoms with Gasteiger partial charge in [-0.3, -0.25) is 10.1 Å². The molecule has 70 valence electrons. The van der Waals surface area contributed by atoms with E-state index in [4.69, 9.17) is 4.74 Å². The van der Waals surface area contributed by atoms with E-state index >= 15 is 0 Å². The number of ether oxygens (including phenoxy) is 2. The number of rotatable bonds is 1. The fourth-order valence-corrected chi connectivity index (χ4v) is 1.33. The molecular weight excluding hydrogens is 158 g/mol. The van der Waals surface area contributed by atoms with Gasteiger partial charge in [-0.05, 0) is 13.8 Å². The molecule has 1 aliphatic rings. The summed E-state index contributed by atoms with van der Waals surface area (Å²) in [5, 5.41) is 3.06. The van der Waals surface area contributed by atoms with Crippen molar-refractivity contribution in [2.24, 2.45) is 0 Å². The Bertz CT molecular complexity index is 179. The Balaban J connectivity index is 2.66. The number of morpholine rings is 1. The second kappa shape index (κ2) is 3.41. The van der Waals surface area contributed by atoms with Crippen LogP contribution in [0.25, 0.3) is 0 Å². The molecule has 1 rings (SSSR count). The highest BCUT2D eigenvalue weighted by molar-refractivity contribution is 5.77. The minimum atomic E-state index is -0.467. The Morgan fingerprint density at radius 1 is 1.67 bits per heavy atom. The Morgan fingerprint density at radius 2 is 2.33 bits per heavy atom. The maximum atomic E-state index is 11.2. The Kier molecular flexibility index (Phi) is 2.69. The summed E-state index contributed by atoms with van der Waals surface area (Å²) >= 11 is 0. The molecule has 0 aliphatic carbocycles. The third-order valence-electron chi connectivity index (χ3n) is 2.06. The fourth-order valence-electron chi connectivity index (χ4n) is 1.33. The Labute approximate surface area is 72.2 Å². The molecule has 0 saturated carbocycles. The lowest BCUT2D eigenvalue weighted by Crippen LogP contribution is -2.58. The molecule has 1 N–H and O–H groups in total. The van der Waals surface area contributed by atoms with Gasteiger partial charge >= 0.3 is 5.97 Å². The lowest BCUT2D eigenvalue weighted by atomic mass is 9.97. The molecule has 1 saturated heterocycles. The first-order valence-corrected chi connectivity index (χ1v) is 4.03. The zero-order chi connectivity index (χ0) is 9.19. The van der Waals surface area contributed by atoms with Gasteiger partial charge in [-0.25, -0.2) is 0 Å². The molecule has 0 amide bonds. The van der Waals surface area contributed by atoms with Crippen molar-refractivity contribution in [1.82, 2.24) is 5.32 Å². The van der Waals surface area contributed by atoms with Crippen LogP contribution in [0.15, 0.2) is 0 Å². The minimum absolute atomic E-state index is 0.264. The summed E-state index contributed by atoms with van der Waals surface area (Å²) in [5.74, 6) is -0.264. The van der Waals surface area contributed by atoms with Gasteiger partial charge < -0.3 is 9.47 Å². The monoisotopic (exact) mass is 173 g/mol. The summed E-state index contributed by atoms with van der Waals surface area (Å²) in [5.41, 5.74) is -0.467. The van der Waals surface area contributed by atoms with Gasteiger partial charge in [0.1, 0.15) is 6.04 Å². The SMILES string of the molecule is COC(=O)[C@@H]1NCCOC1(C)C. The van der Waals surface area contributed by atoms with Crippen LogP contribution in [0, 0.1) is 0 Å². The average Bonchev–Trinajstić information content (AvgIpc) is 2.02. The smallest absolute Gasteiger partial charge is 0.325 e. The second-order valence-electron chi connectivity index (χ2n) is 3.36. The van der Waals surface area contributed by atoms with E-state index in [2.05, 4.69) is 10.1 Å². The molecule has 0 bridgehead atoms. The molecule has 0 aromatic carbocycles. The Hall–Kier alpha value is -0.610. The molecule has 12 heavy (non-hydrogen) atoms. The molecule has 0 spiro atoms. The second-order valence-corrected chi connectivity index (χ2v) is 3.36. The number of nitrogens with one attached hydrogen (secondary N) is 1. The van der Waals surface area contributed by atoms with E-state index in [0.29, 0.717) is 13.2 Å². The molecule has 0 aromatic heterocycles. The minimum Gasteiger partial charge on any atom is -0.468 e. The molecule has 1 atom stereocenters. The van der Waals surface area contributed by atoms with Gasteiger partial charge in [0.05, 0.1) is 19.3 Å². The number of carbonyl (C=O) groups is 1. The van der Waals surface area contributed by atoms with Crippen LogP contribution in [0.5, 0.6) is 0 Å². The van der Waals surface area contributed by atoms with Gasteiger partial charge in [-0.2, -0.15) is 0 Å². The number of carbonyl (C=O) groups excluding carboxylic acids is 1. The van der Waals surface area contributed by atoms with Gasteiger partial charge in [0.15, 0.2) is 0 Å². The first-order valence-electron chi connectivity index (χ1n) is 4.03. The summed E-state index contributed by atoms with van der Waals surface area (Å²) in [7, 11) is 1.38. The molecule has 1 fully saturated rings. The van der Waals surface area contributed by atoms with E-state index < -0.39 is 5.60 Å². The van der Waals surface area contributed by atoms with E-state index in [0.717, 1.165) is 0 Å². The third-order valence-corrected chi connectivity index (χ3v) is 2.06. The number of hydrogen-bond acceptors (Lipinski definition) is 4. The summed E-state index contributed by atoms with van der Waals surface area (Å²) in [6, 6.07) is -0.351.